The average molecular weight is 280 g/mol. The second-order valence-corrected chi connectivity index (χ2v) is 5.69. The third-order valence-corrected chi connectivity index (χ3v) is 3.98. The van der Waals surface area contributed by atoms with Crippen LogP contribution in [0.4, 0.5) is 0 Å². The van der Waals surface area contributed by atoms with Crippen LogP contribution in [-0.4, -0.2) is 37.2 Å². The number of primary amides is 1. The molecule has 0 saturated heterocycles. The summed E-state index contributed by atoms with van der Waals surface area (Å²) in [4.78, 5) is 23.6. The van der Waals surface area contributed by atoms with Gasteiger partial charge in [0.1, 0.15) is 5.02 Å². The summed E-state index contributed by atoms with van der Waals surface area (Å²) in [7, 11) is -2.70. The van der Waals surface area contributed by atoms with Gasteiger partial charge in [-0.2, -0.15) is 4.31 Å². The van der Waals surface area contributed by atoms with Gasteiger partial charge < -0.3 is 10.7 Å². The fraction of sp³-hybridized carbons (Fsp3) is 0.250. The zero-order valence-electron chi connectivity index (χ0n) is 8.81. The number of nitrogens with one attached hydrogen (secondary N) is 1. The Labute approximate surface area is 102 Å². The summed E-state index contributed by atoms with van der Waals surface area (Å²) < 4.78 is 24.5. The van der Waals surface area contributed by atoms with Crippen molar-refractivity contribution in [2.75, 3.05) is 13.6 Å². The molecule has 1 aromatic heterocycles. The van der Waals surface area contributed by atoms with E-state index in [0.29, 0.717) is 0 Å². The van der Waals surface area contributed by atoms with Crippen molar-refractivity contribution < 1.29 is 13.2 Å². The van der Waals surface area contributed by atoms with E-state index in [9.17, 15) is 18.0 Å². The van der Waals surface area contributed by atoms with Crippen LogP contribution in [0, 0.1) is 0 Å². The Bertz CT molecular complexity index is 595. The van der Waals surface area contributed by atoms with E-state index >= 15 is 0 Å². The minimum atomic E-state index is -3.90. The topological polar surface area (TPSA) is 113 Å². The molecule has 0 aliphatic heterocycles. The Morgan fingerprint density at radius 1 is 1.59 bits per heavy atom. The molecule has 0 fully saturated rings. The van der Waals surface area contributed by atoms with Crippen molar-refractivity contribution in [1.29, 1.82) is 0 Å². The number of likely N-dealkylation sites (N-methyl/N-ethyl adjacent to an activating group) is 1. The number of amides is 1. The van der Waals surface area contributed by atoms with Gasteiger partial charge in [0.2, 0.25) is 15.9 Å². The Kier molecular flexibility index (Phi) is 3.91. The third kappa shape index (κ3) is 3.05. The summed E-state index contributed by atoms with van der Waals surface area (Å²) in [6.45, 7) is -0.459. The molecule has 0 bridgehead atoms. The zero-order valence-corrected chi connectivity index (χ0v) is 10.4. The van der Waals surface area contributed by atoms with Crippen LogP contribution in [0.25, 0.3) is 0 Å². The predicted molar refractivity (Wildman–Crippen MR) is 61.1 cm³/mol. The van der Waals surface area contributed by atoms with Gasteiger partial charge in [-0.25, -0.2) is 8.42 Å². The number of hydrogen-bond donors (Lipinski definition) is 2. The van der Waals surface area contributed by atoms with E-state index in [1.54, 1.807) is 0 Å². The van der Waals surface area contributed by atoms with Gasteiger partial charge >= 0.3 is 0 Å². The third-order valence-electron chi connectivity index (χ3n) is 1.92. The maximum Gasteiger partial charge on any atom is 0.266 e. The van der Waals surface area contributed by atoms with Crippen molar-refractivity contribution in [3.8, 4) is 0 Å². The summed E-state index contributed by atoms with van der Waals surface area (Å²) in [5.74, 6) is -0.786. The molecule has 17 heavy (non-hydrogen) atoms. The Morgan fingerprint density at radius 3 is 2.65 bits per heavy atom. The lowest BCUT2D eigenvalue weighted by molar-refractivity contribution is -0.118. The van der Waals surface area contributed by atoms with Crippen molar-refractivity contribution in [1.82, 2.24) is 9.29 Å². The molecule has 0 aliphatic carbocycles. The van der Waals surface area contributed by atoms with Gasteiger partial charge in [0.25, 0.3) is 5.56 Å². The molecule has 0 aliphatic rings. The molecule has 1 heterocycles. The smallest absolute Gasteiger partial charge is 0.266 e. The standard InChI is InChI=1S/C8H10ClN3O4S/c1-12(4-7(10)13)17(15,16)5-2-6(9)8(14)11-3-5/h2-3H,4H2,1H3,(H2,10,13)(H,11,14). The lowest BCUT2D eigenvalue weighted by Crippen LogP contribution is -2.35. The number of halogens is 1. The molecule has 0 radical (unpaired) electrons. The SMILES string of the molecule is CN(CC(N)=O)S(=O)(=O)c1c[nH]c(=O)c(Cl)c1. The first-order chi connectivity index (χ1) is 7.75. The van der Waals surface area contributed by atoms with Gasteiger partial charge in [-0.15, -0.1) is 0 Å². The van der Waals surface area contributed by atoms with Crippen LogP contribution in [0.3, 0.4) is 0 Å². The molecule has 1 rings (SSSR count). The van der Waals surface area contributed by atoms with Crippen molar-refractivity contribution in [3.63, 3.8) is 0 Å². The summed E-state index contributed by atoms with van der Waals surface area (Å²) >= 11 is 5.51. The highest BCUT2D eigenvalue weighted by molar-refractivity contribution is 7.89. The normalized spacial score (nSPS) is 11.7. The van der Waals surface area contributed by atoms with E-state index in [1.165, 1.54) is 7.05 Å². The summed E-state index contributed by atoms with van der Waals surface area (Å²) in [5.41, 5.74) is 4.30. The van der Waals surface area contributed by atoms with Gasteiger partial charge in [0.15, 0.2) is 0 Å². The van der Waals surface area contributed by atoms with Gasteiger partial charge in [-0.3, -0.25) is 9.59 Å². The molecule has 0 aromatic carbocycles. The minimum Gasteiger partial charge on any atom is -0.369 e. The number of sulfonamides is 1. The Hall–Kier alpha value is -1.38. The monoisotopic (exact) mass is 279 g/mol. The van der Waals surface area contributed by atoms with E-state index in [1.807, 2.05) is 0 Å². The number of carbonyl (C=O) groups is 1. The summed E-state index contributed by atoms with van der Waals surface area (Å²) in [6, 6.07) is 1.01. The Morgan fingerprint density at radius 2 is 2.18 bits per heavy atom. The highest BCUT2D eigenvalue weighted by Gasteiger charge is 2.22. The number of hydrogen-bond acceptors (Lipinski definition) is 4. The molecular weight excluding hydrogens is 270 g/mol. The molecular formula is C8H10ClN3O4S. The van der Waals surface area contributed by atoms with Crippen molar-refractivity contribution >= 4 is 27.5 Å². The van der Waals surface area contributed by atoms with Crippen molar-refractivity contribution in [2.45, 2.75) is 4.90 Å². The summed E-state index contributed by atoms with van der Waals surface area (Å²) in [5, 5.41) is -0.251. The molecule has 0 unspecified atom stereocenters. The highest BCUT2D eigenvalue weighted by atomic mass is 35.5. The minimum absolute atomic E-state index is 0.217. The molecule has 3 N–H and O–H groups in total. The zero-order chi connectivity index (χ0) is 13.2. The number of pyridine rings is 1. The van der Waals surface area contributed by atoms with Crippen LogP contribution < -0.4 is 11.3 Å². The van der Waals surface area contributed by atoms with E-state index in [4.69, 9.17) is 17.3 Å². The van der Waals surface area contributed by atoms with Crippen LogP contribution in [0.5, 0.6) is 0 Å². The van der Waals surface area contributed by atoms with E-state index in [0.717, 1.165) is 16.6 Å². The molecule has 94 valence electrons. The first-order valence-electron chi connectivity index (χ1n) is 4.38. The second-order valence-electron chi connectivity index (χ2n) is 3.24. The lowest BCUT2D eigenvalue weighted by atomic mass is 10.5. The van der Waals surface area contributed by atoms with Gasteiger partial charge in [-0.05, 0) is 6.07 Å². The molecule has 0 spiro atoms. The van der Waals surface area contributed by atoms with Crippen LogP contribution in [0.2, 0.25) is 5.02 Å². The number of nitrogens with zero attached hydrogens (tertiary/aromatic N) is 1. The molecule has 7 nitrogen and oxygen atoms in total. The van der Waals surface area contributed by atoms with Crippen molar-refractivity contribution in [2.24, 2.45) is 5.73 Å². The number of aromatic amines is 1. The van der Waals surface area contributed by atoms with E-state index < -0.39 is 28.0 Å². The molecule has 0 saturated carbocycles. The predicted octanol–water partition coefficient (Wildman–Crippen LogP) is -0.866. The molecule has 1 amide bonds. The maximum atomic E-state index is 11.9. The largest absolute Gasteiger partial charge is 0.369 e. The fourth-order valence-corrected chi connectivity index (χ4v) is 2.44. The maximum absolute atomic E-state index is 11.9. The Balaban J connectivity index is 3.17. The van der Waals surface area contributed by atoms with Crippen LogP contribution >= 0.6 is 11.6 Å². The average Bonchev–Trinajstić information content (AvgIpc) is 2.20. The fourth-order valence-electron chi connectivity index (χ4n) is 1.07. The first kappa shape index (κ1) is 13.7. The first-order valence-corrected chi connectivity index (χ1v) is 6.20. The second kappa shape index (κ2) is 4.86. The van der Waals surface area contributed by atoms with Crippen LogP contribution in [-0.2, 0) is 14.8 Å². The number of aromatic nitrogens is 1. The van der Waals surface area contributed by atoms with Gasteiger partial charge in [-0.1, -0.05) is 11.6 Å². The number of nitrogens with two attached hydrogens (primary N) is 1. The molecule has 9 heteroatoms. The van der Waals surface area contributed by atoms with E-state index in [-0.39, 0.29) is 9.92 Å². The van der Waals surface area contributed by atoms with Crippen LogP contribution in [0.1, 0.15) is 0 Å². The highest BCUT2D eigenvalue weighted by Crippen LogP contribution is 2.14. The number of rotatable bonds is 4. The van der Waals surface area contributed by atoms with Crippen molar-refractivity contribution in [3.05, 3.63) is 27.6 Å². The number of carbonyl (C=O) groups excluding carboxylic acids is 1. The molecule has 1 aromatic rings. The summed E-state index contributed by atoms with van der Waals surface area (Å²) in [6.07, 6.45) is 1.00. The quantitative estimate of drug-likeness (QED) is 0.746. The van der Waals surface area contributed by atoms with Crippen LogP contribution in [0.15, 0.2) is 22.0 Å². The van der Waals surface area contributed by atoms with Gasteiger partial charge in [0.05, 0.1) is 11.4 Å². The number of H-pyrrole nitrogens is 1. The molecule has 0 atom stereocenters. The lowest BCUT2D eigenvalue weighted by Gasteiger charge is -2.14. The van der Waals surface area contributed by atoms with E-state index in [2.05, 4.69) is 4.98 Å². The van der Waals surface area contributed by atoms with Gasteiger partial charge in [0, 0.05) is 13.2 Å².